The molecule has 0 radical (unpaired) electrons. The molecule has 0 spiro atoms. The van der Waals surface area contributed by atoms with Crippen LogP contribution in [0.1, 0.15) is 25.3 Å². The van der Waals surface area contributed by atoms with Crippen molar-refractivity contribution >= 4 is 11.7 Å². The van der Waals surface area contributed by atoms with E-state index in [1.807, 2.05) is 6.92 Å². The van der Waals surface area contributed by atoms with E-state index in [1.54, 1.807) is 12.2 Å². The second kappa shape index (κ2) is 6.53. The van der Waals surface area contributed by atoms with Crippen molar-refractivity contribution in [3.63, 3.8) is 0 Å². The van der Waals surface area contributed by atoms with E-state index in [2.05, 4.69) is 0 Å². The van der Waals surface area contributed by atoms with Crippen LogP contribution in [0.5, 0.6) is 5.75 Å². The number of hydrogen-bond donors (Lipinski definition) is 1. The first-order valence-electron chi connectivity index (χ1n) is 5.72. The number of hydrogen-bond acceptors (Lipinski definition) is 4. The molecule has 6 nitrogen and oxygen atoms in total. The SMILES string of the molecule is C/C=C/COc1ccc(C(C)C(=O)O)cc1[N+](=O)[O-]. The average molecular weight is 265 g/mol. The normalized spacial score (nSPS) is 12.3. The Bertz CT molecular complexity index is 510. The molecule has 0 aromatic heterocycles. The number of benzene rings is 1. The predicted octanol–water partition coefficient (Wildman–Crippen LogP) is 2.74. The van der Waals surface area contributed by atoms with Gasteiger partial charge in [0.25, 0.3) is 0 Å². The van der Waals surface area contributed by atoms with Crippen LogP contribution < -0.4 is 4.74 Å². The molecule has 1 rings (SSSR count). The van der Waals surface area contributed by atoms with Crippen molar-refractivity contribution in [3.05, 3.63) is 46.0 Å². The van der Waals surface area contributed by atoms with Crippen LogP contribution in [0.4, 0.5) is 5.69 Å². The van der Waals surface area contributed by atoms with E-state index in [0.717, 1.165) is 0 Å². The van der Waals surface area contributed by atoms with Crippen LogP contribution >= 0.6 is 0 Å². The van der Waals surface area contributed by atoms with E-state index in [4.69, 9.17) is 9.84 Å². The summed E-state index contributed by atoms with van der Waals surface area (Å²) in [5, 5.41) is 19.9. The van der Waals surface area contributed by atoms with Crippen molar-refractivity contribution in [1.29, 1.82) is 0 Å². The Morgan fingerprint density at radius 1 is 1.58 bits per heavy atom. The fourth-order valence-electron chi connectivity index (χ4n) is 1.45. The zero-order valence-corrected chi connectivity index (χ0v) is 10.7. The highest BCUT2D eigenvalue weighted by Crippen LogP contribution is 2.30. The Hall–Kier alpha value is -2.37. The Morgan fingerprint density at radius 3 is 2.79 bits per heavy atom. The number of aliphatic carboxylic acids is 1. The summed E-state index contributed by atoms with van der Waals surface area (Å²) < 4.78 is 5.26. The lowest BCUT2D eigenvalue weighted by Gasteiger charge is -2.09. The summed E-state index contributed by atoms with van der Waals surface area (Å²) in [6, 6.07) is 4.19. The van der Waals surface area contributed by atoms with E-state index in [1.165, 1.54) is 25.1 Å². The van der Waals surface area contributed by atoms with Gasteiger partial charge in [-0.15, -0.1) is 0 Å². The first-order chi connectivity index (χ1) is 8.97. The number of nitrogens with zero attached hydrogens (tertiary/aromatic N) is 1. The number of allylic oxidation sites excluding steroid dienone is 1. The number of carbonyl (C=O) groups is 1. The van der Waals surface area contributed by atoms with Crippen molar-refractivity contribution in [2.45, 2.75) is 19.8 Å². The third-order valence-corrected chi connectivity index (χ3v) is 2.62. The minimum atomic E-state index is -1.03. The molecule has 0 bridgehead atoms. The fourth-order valence-corrected chi connectivity index (χ4v) is 1.45. The molecule has 0 saturated heterocycles. The lowest BCUT2D eigenvalue weighted by atomic mass is 10.0. The van der Waals surface area contributed by atoms with Gasteiger partial charge >= 0.3 is 11.7 Å². The highest BCUT2D eigenvalue weighted by atomic mass is 16.6. The number of rotatable bonds is 6. The Balaban J connectivity index is 3.07. The summed E-state index contributed by atoms with van der Waals surface area (Å²) >= 11 is 0. The number of nitro groups is 1. The molecule has 0 saturated carbocycles. The number of nitro benzene ring substituents is 1. The van der Waals surface area contributed by atoms with Crippen molar-refractivity contribution in [1.82, 2.24) is 0 Å². The summed E-state index contributed by atoms with van der Waals surface area (Å²) in [5.41, 5.74) is 0.146. The van der Waals surface area contributed by atoms with Crippen LogP contribution in [0.15, 0.2) is 30.4 Å². The number of carboxylic acid groups (broad SMARTS) is 1. The summed E-state index contributed by atoms with van der Waals surface area (Å²) in [7, 11) is 0. The minimum Gasteiger partial charge on any atom is -0.483 e. The monoisotopic (exact) mass is 265 g/mol. The van der Waals surface area contributed by atoms with Crippen LogP contribution in [-0.4, -0.2) is 22.6 Å². The molecule has 1 N–H and O–H groups in total. The van der Waals surface area contributed by atoms with Gasteiger partial charge in [0.1, 0.15) is 6.61 Å². The first kappa shape index (κ1) is 14.7. The van der Waals surface area contributed by atoms with Gasteiger partial charge in [0.05, 0.1) is 10.8 Å². The van der Waals surface area contributed by atoms with Gasteiger partial charge in [0, 0.05) is 6.07 Å². The summed E-state index contributed by atoms with van der Waals surface area (Å²) in [6.07, 6.45) is 3.49. The quantitative estimate of drug-likeness (QED) is 0.485. The molecule has 1 unspecified atom stereocenters. The molecule has 102 valence electrons. The molecule has 6 heteroatoms. The Kier molecular flexibility index (Phi) is 5.05. The van der Waals surface area contributed by atoms with Gasteiger partial charge in [-0.2, -0.15) is 0 Å². The van der Waals surface area contributed by atoms with E-state index >= 15 is 0 Å². The molecule has 1 atom stereocenters. The third-order valence-electron chi connectivity index (χ3n) is 2.62. The van der Waals surface area contributed by atoms with Crippen LogP contribution in [0.3, 0.4) is 0 Å². The average Bonchev–Trinajstić information content (AvgIpc) is 2.38. The summed E-state index contributed by atoms with van der Waals surface area (Å²) in [6.45, 7) is 3.52. The van der Waals surface area contributed by atoms with Gasteiger partial charge in [0.15, 0.2) is 5.75 Å². The maximum atomic E-state index is 11.0. The second-order valence-electron chi connectivity index (χ2n) is 3.92. The van der Waals surface area contributed by atoms with E-state index in [0.29, 0.717) is 5.56 Å². The van der Waals surface area contributed by atoms with Gasteiger partial charge in [-0.3, -0.25) is 14.9 Å². The van der Waals surface area contributed by atoms with Crippen LogP contribution in [-0.2, 0) is 4.79 Å². The standard InChI is InChI=1S/C13H15NO5/c1-3-4-7-19-12-6-5-10(9(2)13(15)16)8-11(12)14(17)18/h3-6,8-9H,7H2,1-2H3,(H,15,16)/b4-3+. The minimum absolute atomic E-state index is 0.129. The Labute approximate surface area is 110 Å². The zero-order valence-electron chi connectivity index (χ0n) is 10.7. The molecule has 0 heterocycles. The molecule has 1 aromatic carbocycles. The van der Waals surface area contributed by atoms with Gasteiger partial charge in [-0.25, -0.2) is 0 Å². The molecular formula is C13H15NO5. The molecule has 0 aliphatic heterocycles. The summed E-state index contributed by atoms with van der Waals surface area (Å²) in [4.78, 5) is 21.2. The molecular weight excluding hydrogens is 250 g/mol. The van der Waals surface area contributed by atoms with Crippen LogP contribution in [0.25, 0.3) is 0 Å². The first-order valence-corrected chi connectivity index (χ1v) is 5.72. The number of carboxylic acids is 1. The lowest BCUT2D eigenvalue weighted by Crippen LogP contribution is -2.08. The molecule has 1 aromatic rings. The Morgan fingerprint density at radius 2 is 2.26 bits per heavy atom. The predicted molar refractivity (Wildman–Crippen MR) is 69.5 cm³/mol. The zero-order chi connectivity index (χ0) is 14.4. The largest absolute Gasteiger partial charge is 0.483 e. The van der Waals surface area contributed by atoms with E-state index in [-0.39, 0.29) is 18.0 Å². The van der Waals surface area contributed by atoms with Crippen LogP contribution in [0, 0.1) is 10.1 Å². The second-order valence-corrected chi connectivity index (χ2v) is 3.92. The highest BCUT2D eigenvalue weighted by Gasteiger charge is 2.21. The fraction of sp³-hybridized carbons (Fsp3) is 0.308. The molecule has 0 fully saturated rings. The molecule has 0 aliphatic rings. The highest BCUT2D eigenvalue weighted by molar-refractivity contribution is 5.76. The van der Waals surface area contributed by atoms with E-state index in [9.17, 15) is 14.9 Å². The maximum Gasteiger partial charge on any atom is 0.311 e. The van der Waals surface area contributed by atoms with Crippen LogP contribution in [0.2, 0.25) is 0 Å². The summed E-state index contributed by atoms with van der Waals surface area (Å²) in [5.74, 6) is -1.70. The maximum absolute atomic E-state index is 11.0. The van der Waals surface area contributed by atoms with Gasteiger partial charge in [-0.1, -0.05) is 18.2 Å². The smallest absolute Gasteiger partial charge is 0.311 e. The lowest BCUT2D eigenvalue weighted by molar-refractivity contribution is -0.385. The van der Waals surface area contributed by atoms with Crippen molar-refractivity contribution < 1.29 is 19.6 Å². The van der Waals surface area contributed by atoms with Gasteiger partial charge in [0.2, 0.25) is 0 Å². The molecule has 0 aliphatic carbocycles. The third kappa shape index (κ3) is 3.80. The van der Waals surface area contributed by atoms with Gasteiger partial charge < -0.3 is 9.84 Å². The van der Waals surface area contributed by atoms with E-state index < -0.39 is 16.8 Å². The van der Waals surface area contributed by atoms with Crippen molar-refractivity contribution in [2.75, 3.05) is 6.61 Å². The van der Waals surface area contributed by atoms with Gasteiger partial charge in [-0.05, 0) is 25.5 Å². The topological polar surface area (TPSA) is 89.7 Å². The van der Waals surface area contributed by atoms with Crippen molar-refractivity contribution in [2.24, 2.45) is 0 Å². The molecule has 0 amide bonds. The number of ether oxygens (including phenoxy) is 1. The molecule has 19 heavy (non-hydrogen) atoms. The van der Waals surface area contributed by atoms with Crippen molar-refractivity contribution in [3.8, 4) is 5.75 Å².